The number of ether oxygens (including phenoxy) is 1. The van der Waals surface area contributed by atoms with Crippen LogP contribution in [0.5, 0.6) is 0 Å². The summed E-state index contributed by atoms with van der Waals surface area (Å²) in [7, 11) is 2.15. The van der Waals surface area contributed by atoms with Crippen LogP contribution in [-0.2, 0) is 9.53 Å². The molecule has 4 heterocycles. The van der Waals surface area contributed by atoms with E-state index in [4.69, 9.17) is 21.4 Å². The number of nitrogens with zero attached hydrogens (tertiary/aromatic N) is 6. The number of aromatic nitrogens is 4. The SMILES string of the molecule is Cc1nn(C2CCN(C)CC2)cc1Nc1ncc(Cl)c(NCCCN2C=COCC(C)(C)C2=O)n1. The Labute approximate surface area is 211 Å². The van der Waals surface area contributed by atoms with Crippen LogP contribution in [0.3, 0.4) is 0 Å². The van der Waals surface area contributed by atoms with Gasteiger partial charge in [-0.3, -0.25) is 9.48 Å². The standard InChI is InChI=1S/C24H35ClN8O2/c1-17-20(15-33(30-17)18-6-10-31(4)11-7-18)28-23-27-14-19(25)21(29-23)26-8-5-9-32-12-13-35-16-24(2,3)22(32)34/h12-15,18H,5-11,16H2,1-4H3,(H2,26,27,28,29). The zero-order chi connectivity index (χ0) is 25.0. The van der Waals surface area contributed by atoms with Gasteiger partial charge in [-0.15, -0.1) is 0 Å². The lowest BCUT2D eigenvalue weighted by Gasteiger charge is -2.28. The molecular formula is C24H35ClN8O2. The molecule has 35 heavy (non-hydrogen) atoms. The van der Waals surface area contributed by atoms with Gasteiger partial charge in [-0.05, 0) is 60.2 Å². The lowest BCUT2D eigenvalue weighted by atomic mass is 9.93. The lowest BCUT2D eigenvalue weighted by molar-refractivity contribution is -0.138. The van der Waals surface area contributed by atoms with Crippen molar-refractivity contribution in [3.05, 3.63) is 35.6 Å². The molecular weight excluding hydrogens is 468 g/mol. The van der Waals surface area contributed by atoms with Crippen LogP contribution in [0.2, 0.25) is 5.02 Å². The van der Waals surface area contributed by atoms with Crippen LogP contribution in [0.25, 0.3) is 0 Å². The number of piperidine rings is 1. The fourth-order valence-electron chi connectivity index (χ4n) is 4.25. The quantitative estimate of drug-likeness (QED) is 0.526. The molecule has 0 aliphatic carbocycles. The monoisotopic (exact) mass is 502 g/mol. The van der Waals surface area contributed by atoms with Crippen LogP contribution in [0, 0.1) is 12.3 Å². The van der Waals surface area contributed by atoms with Crippen molar-refractivity contribution in [3.63, 3.8) is 0 Å². The molecule has 2 aromatic rings. The van der Waals surface area contributed by atoms with E-state index in [-0.39, 0.29) is 5.91 Å². The summed E-state index contributed by atoms with van der Waals surface area (Å²) in [5.74, 6) is 1.05. The highest BCUT2D eigenvalue weighted by molar-refractivity contribution is 6.32. The van der Waals surface area contributed by atoms with Crippen molar-refractivity contribution < 1.29 is 9.53 Å². The maximum absolute atomic E-state index is 12.7. The molecule has 2 aromatic heterocycles. The van der Waals surface area contributed by atoms with Crippen molar-refractivity contribution in [3.8, 4) is 0 Å². The molecule has 10 nitrogen and oxygen atoms in total. The van der Waals surface area contributed by atoms with E-state index >= 15 is 0 Å². The molecule has 0 unspecified atom stereocenters. The number of carbonyl (C=O) groups excluding carboxylic acids is 1. The van der Waals surface area contributed by atoms with Gasteiger partial charge in [0.05, 0.1) is 35.3 Å². The van der Waals surface area contributed by atoms with Crippen LogP contribution < -0.4 is 10.6 Å². The third-order valence-corrected chi connectivity index (χ3v) is 6.74. The Hall–Kier alpha value is -2.85. The van der Waals surface area contributed by atoms with Crippen LogP contribution in [0.15, 0.2) is 24.9 Å². The Kier molecular flexibility index (Phi) is 7.81. The van der Waals surface area contributed by atoms with Gasteiger partial charge in [0.25, 0.3) is 0 Å². The van der Waals surface area contributed by atoms with Crippen LogP contribution in [0.1, 0.15) is 44.8 Å². The van der Waals surface area contributed by atoms with E-state index in [2.05, 4.69) is 37.2 Å². The molecule has 11 heteroatoms. The average Bonchev–Trinajstić information content (AvgIpc) is 3.13. The Morgan fingerprint density at radius 3 is 2.83 bits per heavy atom. The molecule has 1 amide bonds. The molecule has 0 radical (unpaired) electrons. The fourth-order valence-corrected chi connectivity index (χ4v) is 4.40. The smallest absolute Gasteiger partial charge is 0.235 e. The number of hydrogen-bond donors (Lipinski definition) is 2. The van der Waals surface area contributed by atoms with E-state index in [0.717, 1.165) is 43.7 Å². The Balaban J connectivity index is 1.33. The number of carbonyl (C=O) groups is 1. The van der Waals surface area contributed by atoms with Gasteiger partial charge >= 0.3 is 0 Å². The molecule has 2 aliphatic rings. The highest BCUT2D eigenvalue weighted by atomic mass is 35.5. The molecule has 1 fully saturated rings. The number of amides is 1. The number of anilines is 3. The Morgan fingerprint density at radius 2 is 2.06 bits per heavy atom. The van der Waals surface area contributed by atoms with Crippen LogP contribution >= 0.6 is 11.6 Å². The summed E-state index contributed by atoms with van der Waals surface area (Å²) in [5, 5.41) is 11.7. The van der Waals surface area contributed by atoms with Crippen molar-refractivity contribution in [2.75, 3.05) is 50.5 Å². The molecule has 2 N–H and O–H groups in total. The third-order valence-electron chi connectivity index (χ3n) is 6.46. The molecule has 190 valence electrons. The van der Waals surface area contributed by atoms with Gasteiger partial charge in [0.2, 0.25) is 11.9 Å². The van der Waals surface area contributed by atoms with Gasteiger partial charge in [-0.2, -0.15) is 10.1 Å². The van der Waals surface area contributed by atoms with E-state index in [9.17, 15) is 4.79 Å². The molecule has 0 bridgehead atoms. The number of nitrogens with one attached hydrogen (secondary N) is 2. The van der Waals surface area contributed by atoms with Crippen molar-refractivity contribution in [1.82, 2.24) is 29.5 Å². The van der Waals surface area contributed by atoms with E-state index < -0.39 is 5.41 Å². The van der Waals surface area contributed by atoms with E-state index in [0.29, 0.717) is 42.5 Å². The highest BCUT2D eigenvalue weighted by Crippen LogP contribution is 2.27. The fraction of sp³-hybridized carbons (Fsp3) is 0.583. The highest BCUT2D eigenvalue weighted by Gasteiger charge is 2.33. The van der Waals surface area contributed by atoms with Gasteiger partial charge < -0.3 is 25.2 Å². The summed E-state index contributed by atoms with van der Waals surface area (Å²) in [6.07, 6.45) is 9.79. The number of halogens is 1. The summed E-state index contributed by atoms with van der Waals surface area (Å²) in [6.45, 7) is 9.46. The molecule has 0 spiro atoms. The van der Waals surface area contributed by atoms with Crippen LogP contribution in [-0.4, -0.2) is 75.3 Å². The zero-order valence-corrected chi connectivity index (χ0v) is 21.7. The minimum absolute atomic E-state index is 0.0500. The maximum atomic E-state index is 12.7. The molecule has 0 atom stereocenters. The van der Waals surface area contributed by atoms with Crippen molar-refractivity contribution >= 4 is 35.0 Å². The maximum Gasteiger partial charge on any atom is 0.235 e. The lowest BCUT2D eigenvalue weighted by Crippen LogP contribution is -2.39. The molecule has 2 aliphatic heterocycles. The van der Waals surface area contributed by atoms with E-state index in [1.807, 2.05) is 27.0 Å². The van der Waals surface area contributed by atoms with Gasteiger partial charge in [-0.1, -0.05) is 11.6 Å². The minimum Gasteiger partial charge on any atom is -0.499 e. The summed E-state index contributed by atoms with van der Waals surface area (Å²) in [5.41, 5.74) is 1.24. The summed E-state index contributed by atoms with van der Waals surface area (Å²) in [6, 6.07) is 0.409. The first-order valence-corrected chi connectivity index (χ1v) is 12.5. The number of likely N-dealkylation sites (tertiary alicyclic amines) is 1. The van der Waals surface area contributed by atoms with Crippen LogP contribution in [0.4, 0.5) is 17.5 Å². The number of hydrogen-bond acceptors (Lipinski definition) is 8. The predicted octanol–water partition coefficient (Wildman–Crippen LogP) is 3.80. The number of rotatable bonds is 8. The zero-order valence-electron chi connectivity index (χ0n) is 20.9. The van der Waals surface area contributed by atoms with Crippen molar-refractivity contribution in [2.45, 2.75) is 46.1 Å². The summed E-state index contributed by atoms with van der Waals surface area (Å²) in [4.78, 5) is 25.6. The second-order valence-electron chi connectivity index (χ2n) is 9.92. The average molecular weight is 503 g/mol. The Bertz CT molecular complexity index is 1060. The number of aryl methyl sites for hydroxylation is 1. The largest absolute Gasteiger partial charge is 0.499 e. The normalized spacial score (nSPS) is 18.9. The first-order valence-electron chi connectivity index (χ1n) is 12.1. The second-order valence-corrected chi connectivity index (χ2v) is 10.3. The summed E-state index contributed by atoms with van der Waals surface area (Å²) >= 11 is 6.33. The van der Waals surface area contributed by atoms with Gasteiger partial charge in [0, 0.05) is 25.5 Å². The predicted molar refractivity (Wildman–Crippen MR) is 137 cm³/mol. The molecule has 4 rings (SSSR count). The minimum atomic E-state index is -0.549. The Morgan fingerprint density at radius 1 is 1.29 bits per heavy atom. The summed E-state index contributed by atoms with van der Waals surface area (Å²) < 4.78 is 7.46. The molecule has 0 saturated carbocycles. The molecule has 0 aromatic carbocycles. The van der Waals surface area contributed by atoms with Gasteiger partial charge in [0.1, 0.15) is 17.4 Å². The van der Waals surface area contributed by atoms with Crippen molar-refractivity contribution in [2.24, 2.45) is 5.41 Å². The second kappa shape index (κ2) is 10.8. The van der Waals surface area contributed by atoms with Gasteiger partial charge in [-0.25, -0.2) is 4.98 Å². The van der Waals surface area contributed by atoms with Crippen molar-refractivity contribution in [1.29, 1.82) is 0 Å². The first-order chi connectivity index (χ1) is 16.7. The first kappa shape index (κ1) is 25.2. The topological polar surface area (TPSA) is 100 Å². The van der Waals surface area contributed by atoms with E-state index in [1.54, 1.807) is 23.6 Å². The van der Waals surface area contributed by atoms with E-state index in [1.165, 1.54) is 0 Å². The van der Waals surface area contributed by atoms with Gasteiger partial charge in [0.15, 0.2) is 0 Å². The third kappa shape index (κ3) is 6.24. The molecule has 1 saturated heterocycles.